The molecule has 0 aliphatic carbocycles. The van der Waals surface area contributed by atoms with E-state index in [9.17, 15) is 87.2 Å². The Kier molecular flexibility index (Phi) is 40.2. The van der Waals surface area contributed by atoms with E-state index in [-0.39, 0.29) is 69.1 Å². The number of H-pyrrole nitrogens is 1. The molecule has 2 heterocycles. The van der Waals surface area contributed by atoms with Crippen molar-refractivity contribution in [2.24, 2.45) is 40.7 Å². The zero-order valence-electron chi connectivity index (χ0n) is 65.2. The van der Waals surface area contributed by atoms with Gasteiger partial charge in [0.1, 0.15) is 66.5 Å². The van der Waals surface area contributed by atoms with E-state index >= 15 is 0 Å². The first-order valence-corrected chi connectivity index (χ1v) is 38.6. The van der Waals surface area contributed by atoms with Gasteiger partial charge in [-0.15, -0.1) is 0 Å². The molecule has 1 saturated heterocycles. The van der Waals surface area contributed by atoms with Crippen molar-refractivity contribution in [3.05, 3.63) is 71.9 Å². The number of para-hydroxylation sites is 1. The number of amides is 15. The number of fused-ring (bicyclic) bond motifs is 1. The van der Waals surface area contributed by atoms with Gasteiger partial charge in [0.25, 0.3) is 0 Å². The van der Waals surface area contributed by atoms with Gasteiger partial charge < -0.3 is 101 Å². The van der Waals surface area contributed by atoms with E-state index in [1.54, 1.807) is 64.2 Å². The molecule has 34 heteroatoms. The number of benzene rings is 2. The number of carbonyl (C=O) groups excluding carboxylic acids is 15. The van der Waals surface area contributed by atoms with Crippen LogP contribution in [0.25, 0.3) is 10.9 Å². The van der Waals surface area contributed by atoms with Gasteiger partial charge in [-0.2, -0.15) is 0 Å². The van der Waals surface area contributed by atoms with Crippen molar-refractivity contribution in [3.63, 3.8) is 0 Å². The van der Waals surface area contributed by atoms with Crippen LogP contribution in [0.1, 0.15) is 195 Å². The Balaban J connectivity index is 1.20. The maximum Gasteiger partial charge on any atom is 0.245 e. The third-order valence-corrected chi connectivity index (χ3v) is 19.4. The summed E-state index contributed by atoms with van der Waals surface area (Å²) in [6.07, 6.45) is 6.48. The topological polar surface area (TPSA) is 560 Å². The van der Waals surface area contributed by atoms with Crippen LogP contribution in [0.5, 0.6) is 0 Å². The van der Waals surface area contributed by atoms with Gasteiger partial charge >= 0.3 is 0 Å². The Labute approximate surface area is 648 Å². The number of nitrogens with zero attached hydrogens (tertiary/aromatic N) is 1. The molecule has 1 aromatic heterocycles. The van der Waals surface area contributed by atoms with Gasteiger partial charge in [-0.1, -0.05) is 148 Å². The SMILES string of the molecule is CC[C@H](C)[C@H](NC(=O)[C@H](CCC(N)=O)NC(=O)[C@@H]1CCCN1C(=O)CCCCCCCCCCCCC(=O)N[C@@H](CO)C(=O)N[C@H](C(=O)N[C@@H](CC(C)C)C(=O)N[C@@H](CC(N)=O)C(=O)N[C@@H](Cc1ccccc1)C(N)=O)[C@@H](C)O)C(=O)N[C@H](C(=O)N[C@@H](CC(C)C)C(=O)N[C@@H](Cc1c[nH]c2ccccc12)C(N)=O)[C@@H](C)O. The zero-order valence-corrected chi connectivity index (χ0v) is 65.2. The summed E-state index contributed by atoms with van der Waals surface area (Å²) in [6, 6.07) is 0.767. The number of primary amides is 4. The third kappa shape index (κ3) is 32.4. The van der Waals surface area contributed by atoms with Crippen molar-refractivity contribution >= 4 is 99.5 Å². The molecule has 0 bridgehead atoms. The number of aromatic amines is 1. The first-order valence-electron chi connectivity index (χ1n) is 38.6. The Hall–Kier alpha value is -10.1. The summed E-state index contributed by atoms with van der Waals surface area (Å²) in [5.74, 6) is -13.3. The molecular weight excluding hydrogens is 1440 g/mol. The lowest BCUT2D eigenvalue weighted by Crippen LogP contribution is -2.62. The summed E-state index contributed by atoms with van der Waals surface area (Å²) in [5, 5.41) is 57.8. The zero-order chi connectivity index (χ0) is 82.6. The first-order chi connectivity index (χ1) is 52.5. The number of nitrogens with two attached hydrogens (primary N) is 4. The number of hydrogen-bond donors (Lipinski definition) is 18. The molecule has 1 aliphatic heterocycles. The number of unbranched alkanes of at least 4 members (excludes halogenated alkanes) is 9. The average Bonchev–Trinajstić information content (AvgIpc) is 1.74. The number of aromatic nitrogens is 1. The van der Waals surface area contributed by atoms with E-state index < -0.39 is 180 Å². The van der Waals surface area contributed by atoms with Crippen LogP contribution in [0.4, 0.5) is 0 Å². The predicted octanol–water partition coefficient (Wildman–Crippen LogP) is -0.523. The summed E-state index contributed by atoms with van der Waals surface area (Å²) < 4.78 is 0. The van der Waals surface area contributed by atoms with Gasteiger partial charge in [-0.25, -0.2) is 0 Å². The van der Waals surface area contributed by atoms with Crippen LogP contribution < -0.4 is 76.1 Å². The van der Waals surface area contributed by atoms with Gasteiger partial charge in [0.15, 0.2) is 0 Å². The third-order valence-electron chi connectivity index (χ3n) is 19.4. The van der Waals surface area contributed by atoms with Crippen molar-refractivity contribution in [3.8, 4) is 0 Å². The van der Waals surface area contributed by atoms with Crippen molar-refractivity contribution < 1.29 is 87.2 Å². The molecule has 3 aromatic rings. The highest BCUT2D eigenvalue weighted by molar-refractivity contribution is 6.00. The van der Waals surface area contributed by atoms with Crippen LogP contribution in [0.2, 0.25) is 0 Å². The van der Waals surface area contributed by atoms with Gasteiger partial charge in [0.05, 0.1) is 25.2 Å². The van der Waals surface area contributed by atoms with Crippen molar-refractivity contribution in [1.29, 1.82) is 0 Å². The lowest BCUT2D eigenvalue weighted by Gasteiger charge is -2.30. The minimum absolute atomic E-state index is 0.00322. The van der Waals surface area contributed by atoms with Crippen LogP contribution in [-0.2, 0) is 84.8 Å². The van der Waals surface area contributed by atoms with Gasteiger partial charge in [-0.3, -0.25) is 71.9 Å². The molecule has 14 atom stereocenters. The summed E-state index contributed by atoms with van der Waals surface area (Å²) in [5.41, 5.74) is 24.4. The van der Waals surface area contributed by atoms with E-state index in [1.165, 1.54) is 18.7 Å². The number of likely N-dealkylation sites (tertiary alicyclic amines) is 1. The summed E-state index contributed by atoms with van der Waals surface area (Å²) in [6.45, 7) is 12.4. The fourth-order valence-corrected chi connectivity index (χ4v) is 13.0. The van der Waals surface area contributed by atoms with Crippen molar-refractivity contribution in [1.82, 2.24) is 63.1 Å². The van der Waals surface area contributed by atoms with Crippen LogP contribution in [-0.4, -0.2) is 206 Å². The van der Waals surface area contributed by atoms with E-state index in [0.717, 1.165) is 55.8 Å². The number of rotatable bonds is 52. The second kappa shape index (κ2) is 47.9. The molecule has 111 heavy (non-hydrogen) atoms. The molecule has 4 rings (SSSR count). The number of nitrogens with one attached hydrogen (secondary N) is 11. The minimum Gasteiger partial charge on any atom is -0.394 e. The summed E-state index contributed by atoms with van der Waals surface area (Å²) >= 11 is 0. The van der Waals surface area contributed by atoms with Crippen molar-refractivity contribution in [2.75, 3.05) is 13.2 Å². The Morgan fingerprint density at radius 1 is 0.477 bits per heavy atom. The lowest BCUT2D eigenvalue weighted by molar-refractivity contribution is -0.140. The van der Waals surface area contributed by atoms with E-state index in [2.05, 4.69) is 58.2 Å². The molecular formula is C77H120N16O18. The molecule has 0 saturated carbocycles. The van der Waals surface area contributed by atoms with Crippen molar-refractivity contribution in [2.45, 2.75) is 275 Å². The monoisotopic (exact) mass is 1560 g/mol. The lowest BCUT2D eigenvalue weighted by atomic mass is 9.96. The van der Waals surface area contributed by atoms with E-state index in [4.69, 9.17) is 22.9 Å². The summed E-state index contributed by atoms with van der Waals surface area (Å²) in [4.78, 5) is 205. The molecule has 0 spiro atoms. The van der Waals surface area contributed by atoms with Gasteiger partial charge in [0, 0.05) is 55.7 Å². The minimum atomic E-state index is -1.70. The molecule has 1 aliphatic rings. The highest BCUT2D eigenvalue weighted by Gasteiger charge is 2.40. The Morgan fingerprint density at radius 3 is 1.43 bits per heavy atom. The van der Waals surface area contributed by atoms with Gasteiger partial charge in [-0.05, 0) is 93.7 Å². The fourth-order valence-electron chi connectivity index (χ4n) is 13.0. The summed E-state index contributed by atoms with van der Waals surface area (Å²) in [7, 11) is 0. The number of hydrogen-bond acceptors (Lipinski definition) is 18. The van der Waals surface area contributed by atoms with E-state index in [0.29, 0.717) is 56.2 Å². The Bertz CT molecular complexity index is 3610. The second-order valence-electron chi connectivity index (χ2n) is 29.8. The molecule has 0 radical (unpaired) electrons. The molecule has 1 fully saturated rings. The molecule has 15 amide bonds. The highest BCUT2D eigenvalue weighted by atomic mass is 16.3. The predicted molar refractivity (Wildman–Crippen MR) is 411 cm³/mol. The maximum atomic E-state index is 14.2. The highest BCUT2D eigenvalue weighted by Crippen LogP contribution is 2.23. The fraction of sp³-hybridized carbons (Fsp3) is 0.623. The smallest absolute Gasteiger partial charge is 0.245 e. The van der Waals surface area contributed by atoms with Gasteiger partial charge in [0.2, 0.25) is 88.6 Å². The number of aliphatic hydroxyl groups excluding tert-OH is 3. The Morgan fingerprint density at radius 2 is 0.928 bits per heavy atom. The maximum absolute atomic E-state index is 14.2. The average molecular weight is 1560 g/mol. The van der Waals surface area contributed by atoms with E-state index in [1.807, 2.05) is 38.1 Å². The molecule has 0 unspecified atom stereocenters. The van der Waals surface area contributed by atoms with Crippen LogP contribution in [0, 0.1) is 17.8 Å². The standard InChI is InChI=1S/C77H120N16O18/c1-9-45(6)64(75(109)92-66(47(8)96)77(111)88-55(36-43(2)3)70(104)86-54(68(81)102)39-49-41-82-51-29-24-23-28-50(49)51)90-69(103)52(33-34-60(78)97)84-74(108)59-30-25-35-93(59)63(100)32-22-17-15-13-11-10-12-14-16-21-31-62(99)83-58(42-94)73(107)91-65(46(7)95)76(110)89-56(37-44(4)5)71(105)87-57(40-61(79)98)72(106)85-53(67(80)101)38-48-26-19-18-20-27-48/h18-20,23-24,26-29,41,43-47,52-59,64-66,82,94-96H,9-17,21-22,25,30-40,42H2,1-8H3,(H2,78,97)(H2,79,98)(H2,80,101)(H2,81,102)(H,83,99)(H,84,108)(H,85,106)(H,86,104)(H,87,105)(H,88,111)(H,89,110)(H,90,103)(H,91,107)(H,92,109)/t45-,46+,47+,52-,53-,54-,55-,56-,57-,58-,59-,64-,65-,66-/m0/s1. The largest absolute Gasteiger partial charge is 0.394 e. The normalized spacial score (nSPS) is 16.3. The molecule has 2 aromatic carbocycles. The number of carbonyl (C=O) groups is 15. The second-order valence-corrected chi connectivity index (χ2v) is 29.8. The molecule has 22 N–H and O–H groups in total. The molecule has 34 nitrogen and oxygen atoms in total. The van der Waals surface area contributed by atoms with Crippen LogP contribution >= 0.6 is 0 Å². The quantitative estimate of drug-likeness (QED) is 0.0316. The first kappa shape index (κ1) is 93.3. The molecule has 616 valence electrons. The van der Waals surface area contributed by atoms with Crippen LogP contribution in [0.15, 0.2) is 60.8 Å². The number of aliphatic hydroxyl groups is 3. The van der Waals surface area contributed by atoms with Crippen LogP contribution in [0.3, 0.4) is 0 Å².